The minimum absolute atomic E-state index is 0.154. The number of nitrogens with zero attached hydrogens (tertiary/aromatic N) is 1. The highest BCUT2D eigenvalue weighted by atomic mass is 35.5. The second-order valence-corrected chi connectivity index (χ2v) is 5.16. The Morgan fingerprint density at radius 3 is 2.95 bits per heavy atom. The number of hydrogen-bond acceptors (Lipinski definition) is 5. The largest absolute Gasteiger partial charge is 0.488 e. The number of halogens is 1. The molecule has 0 spiro atoms. The van der Waals surface area contributed by atoms with E-state index in [0.29, 0.717) is 27.2 Å². The van der Waals surface area contributed by atoms with E-state index in [9.17, 15) is 9.90 Å². The van der Waals surface area contributed by atoms with Crippen LogP contribution >= 0.6 is 11.6 Å². The Morgan fingerprint density at radius 2 is 2.32 bits per heavy atom. The maximum absolute atomic E-state index is 10.8. The molecule has 1 heterocycles. The molecule has 2 rings (SSSR count). The lowest BCUT2D eigenvalue weighted by atomic mass is 10.0. The van der Waals surface area contributed by atoms with Gasteiger partial charge in [0.05, 0.1) is 23.9 Å². The van der Waals surface area contributed by atoms with Crippen molar-refractivity contribution in [2.24, 2.45) is 0 Å². The van der Waals surface area contributed by atoms with Crippen LogP contribution in [0.4, 0.5) is 4.79 Å². The van der Waals surface area contributed by atoms with E-state index in [1.54, 1.807) is 13.0 Å². The molecule has 2 unspecified atom stereocenters. The number of benzene rings is 1. The Bertz CT molecular complexity index is 675. The fraction of sp³-hybridized carbons (Fsp3) is 0.385. The van der Waals surface area contributed by atoms with Crippen LogP contribution in [-0.4, -0.2) is 50.9 Å². The molecular weight excluding hydrogens is 314 g/mol. The predicted molar refractivity (Wildman–Crippen MR) is 79.3 cm³/mol. The summed E-state index contributed by atoms with van der Waals surface area (Å²) >= 11 is 6.17. The van der Waals surface area contributed by atoms with Gasteiger partial charge in [-0.15, -0.1) is 0 Å². The van der Waals surface area contributed by atoms with Crippen LogP contribution in [-0.2, 0) is 0 Å². The summed E-state index contributed by atoms with van der Waals surface area (Å²) in [6.07, 6.45) is -0.717. The zero-order valence-electron chi connectivity index (χ0n) is 11.7. The van der Waals surface area contributed by atoms with Gasteiger partial charge in [-0.2, -0.15) is 5.10 Å². The molecule has 1 amide bonds. The quantitative estimate of drug-likeness (QED) is 0.543. The van der Waals surface area contributed by atoms with E-state index in [1.165, 1.54) is 6.20 Å². The van der Waals surface area contributed by atoms with Crippen molar-refractivity contribution in [1.82, 2.24) is 15.5 Å². The van der Waals surface area contributed by atoms with Gasteiger partial charge in [0, 0.05) is 10.9 Å². The third kappa shape index (κ3) is 3.41. The first-order valence-corrected chi connectivity index (χ1v) is 6.88. The van der Waals surface area contributed by atoms with Crippen molar-refractivity contribution < 1.29 is 24.9 Å². The molecule has 0 bridgehead atoms. The number of aromatic nitrogens is 2. The number of amides is 1. The van der Waals surface area contributed by atoms with Crippen LogP contribution in [0.2, 0.25) is 5.02 Å². The zero-order chi connectivity index (χ0) is 16.3. The second-order valence-electron chi connectivity index (χ2n) is 4.75. The number of fused-ring (bicyclic) bond motifs is 1. The first-order chi connectivity index (χ1) is 10.4. The van der Waals surface area contributed by atoms with Crippen LogP contribution in [0.25, 0.3) is 10.9 Å². The molecule has 120 valence electrons. The molecule has 0 aliphatic carbocycles. The van der Waals surface area contributed by atoms with Crippen molar-refractivity contribution in [3.8, 4) is 5.75 Å². The van der Waals surface area contributed by atoms with Gasteiger partial charge >= 0.3 is 6.09 Å². The van der Waals surface area contributed by atoms with Gasteiger partial charge in [0.1, 0.15) is 24.0 Å². The van der Waals surface area contributed by atoms with Gasteiger partial charge in [0.2, 0.25) is 0 Å². The highest BCUT2D eigenvalue weighted by Gasteiger charge is 2.20. The van der Waals surface area contributed by atoms with E-state index < -0.39 is 24.8 Å². The van der Waals surface area contributed by atoms with Gasteiger partial charge in [-0.1, -0.05) is 11.6 Å². The summed E-state index contributed by atoms with van der Waals surface area (Å²) in [4.78, 5) is 10.8. The standard InChI is InChI=1S/C13H16ClN3O5/c1-6(16-13(20)21)8-2-10(14)9-3-15-17-11(9)12(8)22-5-7(19)4-18/h2-3,6-7,16,18-19H,4-5H2,1H3,(H,15,17)(H,20,21). The number of aliphatic hydroxyl groups excluding tert-OH is 2. The predicted octanol–water partition coefficient (Wildman–Crippen LogP) is 1.28. The van der Waals surface area contributed by atoms with Crippen LogP contribution in [0, 0.1) is 0 Å². The Hall–Kier alpha value is -2.03. The number of rotatable bonds is 6. The van der Waals surface area contributed by atoms with Crippen molar-refractivity contribution in [3.63, 3.8) is 0 Å². The highest BCUT2D eigenvalue weighted by molar-refractivity contribution is 6.35. The molecule has 8 nitrogen and oxygen atoms in total. The molecule has 1 aromatic heterocycles. The maximum Gasteiger partial charge on any atom is 0.405 e. The fourth-order valence-electron chi connectivity index (χ4n) is 2.04. The van der Waals surface area contributed by atoms with Gasteiger partial charge in [0.25, 0.3) is 0 Å². The van der Waals surface area contributed by atoms with Gasteiger partial charge < -0.3 is 25.4 Å². The highest BCUT2D eigenvalue weighted by Crippen LogP contribution is 2.37. The van der Waals surface area contributed by atoms with E-state index >= 15 is 0 Å². The average Bonchev–Trinajstić information content (AvgIpc) is 2.95. The first-order valence-electron chi connectivity index (χ1n) is 6.50. The molecule has 2 aromatic rings. The van der Waals surface area contributed by atoms with E-state index in [2.05, 4.69) is 15.5 Å². The zero-order valence-corrected chi connectivity index (χ0v) is 12.5. The number of carbonyl (C=O) groups is 1. The normalized spacial score (nSPS) is 13.8. The molecule has 0 saturated heterocycles. The third-order valence-corrected chi connectivity index (χ3v) is 3.42. The van der Waals surface area contributed by atoms with Crippen molar-refractivity contribution in [2.75, 3.05) is 13.2 Å². The van der Waals surface area contributed by atoms with Gasteiger partial charge in [-0.05, 0) is 13.0 Å². The molecule has 0 aliphatic rings. The summed E-state index contributed by atoms with van der Waals surface area (Å²) in [6.45, 7) is 1.04. The smallest absolute Gasteiger partial charge is 0.405 e. The second kappa shape index (κ2) is 6.82. The molecular formula is C13H16ClN3O5. The Labute approximate surface area is 130 Å². The number of ether oxygens (including phenoxy) is 1. The van der Waals surface area contributed by atoms with E-state index in [1.807, 2.05) is 0 Å². The van der Waals surface area contributed by atoms with Crippen LogP contribution in [0.15, 0.2) is 12.3 Å². The number of carboxylic acid groups (broad SMARTS) is 1. The van der Waals surface area contributed by atoms with Crippen molar-refractivity contribution >= 4 is 28.6 Å². The van der Waals surface area contributed by atoms with Crippen LogP contribution < -0.4 is 10.1 Å². The van der Waals surface area contributed by atoms with Crippen LogP contribution in [0.3, 0.4) is 0 Å². The summed E-state index contributed by atoms with van der Waals surface area (Å²) in [6, 6.07) is 0.990. The number of H-pyrrole nitrogens is 1. The van der Waals surface area contributed by atoms with Crippen LogP contribution in [0.5, 0.6) is 5.75 Å². The lowest BCUT2D eigenvalue weighted by Gasteiger charge is -2.19. The van der Waals surface area contributed by atoms with Crippen LogP contribution in [0.1, 0.15) is 18.5 Å². The Balaban J connectivity index is 2.45. The number of nitrogens with one attached hydrogen (secondary N) is 2. The Kier molecular flexibility index (Phi) is 5.07. The summed E-state index contributed by atoms with van der Waals surface area (Å²) in [5.41, 5.74) is 0.987. The molecule has 0 radical (unpaired) electrons. The molecule has 0 aliphatic heterocycles. The topological polar surface area (TPSA) is 128 Å². The number of aromatic amines is 1. The maximum atomic E-state index is 10.8. The third-order valence-electron chi connectivity index (χ3n) is 3.11. The van der Waals surface area contributed by atoms with Crippen molar-refractivity contribution in [2.45, 2.75) is 19.1 Å². The molecule has 2 atom stereocenters. The van der Waals surface area contributed by atoms with Gasteiger partial charge in [0.15, 0.2) is 0 Å². The molecule has 1 aromatic carbocycles. The summed E-state index contributed by atoms with van der Waals surface area (Å²) < 4.78 is 5.55. The minimum Gasteiger partial charge on any atom is -0.488 e. The molecule has 9 heteroatoms. The fourth-order valence-corrected chi connectivity index (χ4v) is 2.30. The van der Waals surface area contributed by atoms with Crippen molar-refractivity contribution in [3.05, 3.63) is 22.8 Å². The lowest BCUT2D eigenvalue weighted by molar-refractivity contribution is 0.0536. The summed E-state index contributed by atoms with van der Waals surface area (Å²) in [5.74, 6) is 0.325. The number of aliphatic hydroxyl groups is 2. The van der Waals surface area contributed by atoms with Gasteiger partial charge in [-0.3, -0.25) is 5.10 Å². The van der Waals surface area contributed by atoms with Crippen molar-refractivity contribution in [1.29, 1.82) is 0 Å². The lowest BCUT2D eigenvalue weighted by Crippen LogP contribution is -2.26. The minimum atomic E-state index is -1.19. The first kappa shape index (κ1) is 16.3. The van der Waals surface area contributed by atoms with E-state index in [4.69, 9.17) is 26.6 Å². The monoisotopic (exact) mass is 329 g/mol. The molecule has 0 saturated carbocycles. The van der Waals surface area contributed by atoms with E-state index in [-0.39, 0.29) is 6.61 Å². The summed E-state index contributed by atoms with van der Waals surface area (Å²) in [5, 5.41) is 37.1. The van der Waals surface area contributed by atoms with E-state index in [0.717, 1.165) is 0 Å². The Morgan fingerprint density at radius 1 is 1.59 bits per heavy atom. The van der Waals surface area contributed by atoms with Gasteiger partial charge in [-0.25, -0.2) is 4.79 Å². The molecule has 5 N–H and O–H groups in total. The molecule has 0 fully saturated rings. The molecule has 22 heavy (non-hydrogen) atoms. The SMILES string of the molecule is CC(NC(=O)O)c1cc(Cl)c2cn[nH]c2c1OCC(O)CO. The summed E-state index contributed by atoms with van der Waals surface area (Å²) in [7, 11) is 0. The number of hydrogen-bond donors (Lipinski definition) is 5. The average molecular weight is 330 g/mol.